The third kappa shape index (κ3) is 4.67. The Hall–Kier alpha value is -2.66. The first-order chi connectivity index (χ1) is 14.1. The van der Waals surface area contributed by atoms with E-state index in [4.69, 9.17) is 4.74 Å². The van der Waals surface area contributed by atoms with Gasteiger partial charge in [0.25, 0.3) is 0 Å². The molecule has 2 heterocycles. The topological polar surface area (TPSA) is 45.3 Å². The molecular formula is C24H27FN2O2. The number of hydrogen-bond acceptors (Lipinski definition) is 3. The first-order valence-corrected chi connectivity index (χ1v) is 10.3. The molecule has 5 heteroatoms. The molecule has 4 nitrogen and oxygen atoms in total. The van der Waals surface area contributed by atoms with Crippen LogP contribution in [0.15, 0.2) is 48.7 Å². The lowest BCUT2D eigenvalue weighted by atomic mass is 9.90. The smallest absolute Gasteiger partial charge is 0.166 e. The number of rotatable bonds is 7. The molecule has 3 aromatic rings. The molecule has 0 unspecified atom stereocenters. The molecule has 1 fully saturated rings. The standard InChI is InChI=1S/C24H27FN2O2/c1-29-20-6-7-23-21(15-20)22(16-26-23)24(28)10-13-27-11-8-18(9-12-27)14-17-2-4-19(25)5-3-17/h2-7,15-16,18,26H,8-14H2,1H3. The van der Waals surface area contributed by atoms with Crippen molar-refractivity contribution in [2.75, 3.05) is 26.7 Å². The maximum Gasteiger partial charge on any atom is 0.166 e. The number of ketones is 1. The number of hydrogen-bond donors (Lipinski definition) is 1. The van der Waals surface area contributed by atoms with Gasteiger partial charge in [-0.3, -0.25) is 4.79 Å². The number of ether oxygens (including phenoxy) is 1. The molecule has 0 spiro atoms. The molecule has 0 bridgehead atoms. The quantitative estimate of drug-likeness (QED) is 0.583. The van der Waals surface area contributed by atoms with Crippen LogP contribution in [-0.2, 0) is 6.42 Å². The number of carbonyl (C=O) groups is 1. The van der Waals surface area contributed by atoms with E-state index in [-0.39, 0.29) is 11.6 Å². The summed E-state index contributed by atoms with van der Waals surface area (Å²) < 4.78 is 18.3. The number of aromatic amines is 1. The van der Waals surface area contributed by atoms with Crippen LogP contribution in [0.2, 0.25) is 0 Å². The Labute approximate surface area is 170 Å². The zero-order valence-corrected chi connectivity index (χ0v) is 16.8. The van der Waals surface area contributed by atoms with Gasteiger partial charge < -0.3 is 14.6 Å². The van der Waals surface area contributed by atoms with E-state index in [2.05, 4.69) is 9.88 Å². The van der Waals surface area contributed by atoms with E-state index < -0.39 is 0 Å². The Bertz CT molecular complexity index is 972. The lowest BCUT2D eigenvalue weighted by Gasteiger charge is -2.31. The first-order valence-electron chi connectivity index (χ1n) is 10.3. The van der Waals surface area contributed by atoms with Crippen molar-refractivity contribution < 1.29 is 13.9 Å². The average Bonchev–Trinajstić information content (AvgIpc) is 3.18. The maximum atomic E-state index is 13.1. The molecule has 29 heavy (non-hydrogen) atoms. The van der Waals surface area contributed by atoms with Crippen molar-refractivity contribution in [1.29, 1.82) is 0 Å². The highest BCUT2D eigenvalue weighted by atomic mass is 19.1. The van der Waals surface area contributed by atoms with Crippen molar-refractivity contribution in [3.8, 4) is 5.75 Å². The normalized spacial score (nSPS) is 15.7. The molecule has 2 aromatic carbocycles. The lowest BCUT2D eigenvalue weighted by Crippen LogP contribution is -2.35. The molecule has 0 radical (unpaired) electrons. The highest BCUT2D eigenvalue weighted by Gasteiger charge is 2.21. The largest absolute Gasteiger partial charge is 0.497 e. The Kier molecular flexibility index (Phi) is 5.95. The van der Waals surface area contributed by atoms with Crippen LogP contribution in [0.5, 0.6) is 5.75 Å². The van der Waals surface area contributed by atoms with Gasteiger partial charge >= 0.3 is 0 Å². The number of nitrogens with one attached hydrogen (secondary N) is 1. The molecule has 1 aromatic heterocycles. The summed E-state index contributed by atoms with van der Waals surface area (Å²) >= 11 is 0. The Morgan fingerprint density at radius 3 is 2.66 bits per heavy atom. The van der Waals surface area contributed by atoms with E-state index in [1.165, 1.54) is 17.7 Å². The lowest BCUT2D eigenvalue weighted by molar-refractivity contribution is 0.0952. The predicted molar refractivity (Wildman–Crippen MR) is 113 cm³/mol. The Balaban J connectivity index is 1.28. The van der Waals surface area contributed by atoms with Crippen LogP contribution in [0, 0.1) is 11.7 Å². The van der Waals surface area contributed by atoms with E-state index >= 15 is 0 Å². The van der Waals surface area contributed by atoms with Crippen molar-refractivity contribution in [2.24, 2.45) is 5.92 Å². The second-order valence-corrected chi connectivity index (χ2v) is 7.90. The summed E-state index contributed by atoms with van der Waals surface area (Å²) in [6, 6.07) is 12.6. The summed E-state index contributed by atoms with van der Waals surface area (Å²) in [4.78, 5) is 18.3. The van der Waals surface area contributed by atoms with Gasteiger partial charge in [-0.05, 0) is 74.2 Å². The van der Waals surface area contributed by atoms with Crippen LogP contribution in [0.1, 0.15) is 35.2 Å². The summed E-state index contributed by atoms with van der Waals surface area (Å²) in [6.45, 7) is 2.82. The fraction of sp³-hybridized carbons (Fsp3) is 0.375. The van der Waals surface area contributed by atoms with Crippen LogP contribution < -0.4 is 4.74 Å². The van der Waals surface area contributed by atoms with Gasteiger partial charge in [-0.15, -0.1) is 0 Å². The fourth-order valence-electron chi connectivity index (χ4n) is 4.22. The van der Waals surface area contributed by atoms with E-state index in [0.717, 1.165) is 61.1 Å². The van der Waals surface area contributed by atoms with Gasteiger partial charge in [0.15, 0.2) is 5.78 Å². The summed E-state index contributed by atoms with van der Waals surface area (Å²) in [5.74, 6) is 1.38. The molecule has 4 rings (SSSR count). The summed E-state index contributed by atoms with van der Waals surface area (Å²) in [5, 5.41) is 0.923. The van der Waals surface area contributed by atoms with Crippen LogP contribution in [0.4, 0.5) is 4.39 Å². The maximum absolute atomic E-state index is 13.1. The van der Waals surface area contributed by atoms with Crippen LogP contribution in [-0.4, -0.2) is 42.4 Å². The van der Waals surface area contributed by atoms with E-state index in [9.17, 15) is 9.18 Å². The van der Waals surface area contributed by atoms with Gasteiger partial charge in [-0.2, -0.15) is 0 Å². The third-order valence-electron chi connectivity index (χ3n) is 5.99. The SMILES string of the molecule is COc1ccc2[nH]cc(C(=O)CCN3CCC(Cc4ccc(F)cc4)CC3)c2c1. The number of aromatic nitrogens is 1. The molecule has 0 aliphatic carbocycles. The first kappa shape index (κ1) is 19.6. The average molecular weight is 394 g/mol. The van der Waals surface area contributed by atoms with Gasteiger partial charge in [0.05, 0.1) is 7.11 Å². The molecule has 1 N–H and O–H groups in total. The number of halogens is 1. The molecule has 1 saturated heterocycles. The number of piperidine rings is 1. The van der Waals surface area contributed by atoms with Gasteiger partial charge in [-0.25, -0.2) is 4.39 Å². The van der Waals surface area contributed by atoms with Gasteiger partial charge in [-0.1, -0.05) is 12.1 Å². The second-order valence-electron chi connectivity index (χ2n) is 7.90. The zero-order valence-electron chi connectivity index (χ0n) is 16.8. The van der Waals surface area contributed by atoms with E-state index in [1.807, 2.05) is 30.3 Å². The number of Topliss-reactive ketones (excluding diaryl/α,β-unsaturated/α-hetero) is 1. The van der Waals surface area contributed by atoms with Crippen LogP contribution in [0.25, 0.3) is 10.9 Å². The minimum absolute atomic E-state index is 0.165. The zero-order chi connectivity index (χ0) is 20.2. The molecule has 0 saturated carbocycles. The molecule has 1 aliphatic heterocycles. The molecular weight excluding hydrogens is 367 g/mol. The number of H-pyrrole nitrogens is 1. The highest BCUT2D eigenvalue weighted by Crippen LogP contribution is 2.25. The van der Waals surface area contributed by atoms with Crippen molar-refractivity contribution >= 4 is 16.7 Å². The number of benzene rings is 2. The van der Waals surface area contributed by atoms with Gasteiger partial charge in [0.1, 0.15) is 11.6 Å². The van der Waals surface area contributed by atoms with Gasteiger partial charge in [0.2, 0.25) is 0 Å². The third-order valence-corrected chi connectivity index (χ3v) is 5.99. The van der Waals surface area contributed by atoms with Crippen molar-refractivity contribution in [1.82, 2.24) is 9.88 Å². The van der Waals surface area contributed by atoms with E-state index in [1.54, 1.807) is 13.3 Å². The minimum Gasteiger partial charge on any atom is -0.497 e. The number of likely N-dealkylation sites (tertiary alicyclic amines) is 1. The van der Waals surface area contributed by atoms with E-state index in [0.29, 0.717) is 12.3 Å². The van der Waals surface area contributed by atoms with Crippen LogP contribution in [0.3, 0.4) is 0 Å². The molecule has 0 amide bonds. The molecule has 1 aliphatic rings. The summed E-state index contributed by atoms with van der Waals surface area (Å²) in [5.41, 5.74) is 2.90. The monoisotopic (exact) mass is 394 g/mol. The molecule has 152 valence electrons. The Morgan fingerprint density at radius 2 is 1.93 bits per heavy atom. The van der Waals surface area contributed by atoms with Crippen molar-refractivity contribution in [3.63, 3.8) is 0 Å². The summed E-state index contributed by atoms with van der Waals surface area (Å²) in [6.07, 6.45) is 5.57. The van der Waals surface area contributed by atoms with Gasteiger partial charge in [0, 0.05) is 35.6 Å². The second kappa shape index (κ2) is 8.78. The number of nitrogens with zero attached hydrogens (tertiary/aromatic N) is 1. The molecule has 0 atom stereocenters. The predicted octanol–water partition coefficient (Wildman–Crippen LogP) is 4.84. The van der Waals surface area contributed by atoms with Crippen molar-refractivity contribution in [3.05, 3.63) is 65.6 Å². The number of carbonyl (C=O) groups excluding carboxylic acids is 1. The number of fused-ring (bicyclic) bond motifs is 1. The minimum atomic E-state index is -0.179. The number of methoxy groups -OCH3 is 1. The highest BCUT2D eigenvalue weighted by molar-refractivity contribution is 6.08. The Morgan fingerprint density at radius 1 is 1.17 bits per heavy atom. The fourth-order valence-corrected chi connectivity index (χ4v) is 4.22. The van der Waals surface area contributed by atoms with Crippen LogP contribution >= 0.6 is 0 Å². The van der Waals surface area contributed by atoms with Crippen molar-refractivity contribution in [2.45, 2.75) is 25.7 Å². The summed E-state index contributed by atoms with van der Waals surface area (Å²) in [7, 11) is 1.63.